The molecule has 0 atom stereocenters. The first kappa shape index (κ1) is 11.1. The van der Waals surface area contributed by atoms with E-state index in [0.717, 1.165) is 9.48 Å². The third kappa shape index (κ3) is 2.34. The fourth-order valence-corrected chi connectivity index (χ4v) is 3.54. The van der Waals surface area contributed by atoms with Crippen LogP contribution >= 0.6 is 38.6 Å². The Morgan fingerprint density at radius 2 is 1.82 bits per heavy atom. The minimum atomic E-state index is 1.07. The number of rotatable bonds is 2. The van der Waals surface area contributed by atoms with E-state index < -0.39 is 0 Å². The fraction of sp³-hybridized carbons (Fsp3) is 0. The second-order valence-electron chi connectivity index (χ2n) is 3.51. The van der Waals surface area contributed by atoms with Gasteiger partial charge in [-0.05, 0) is 23.6 Å². The van der Waals surface area contributed by atoms with Crippen molar-refractivity contribution in [1.29, 1.82) is 0 Å². The molecular weight excluding hydrogens is 314 g/mol. The SMILES string of the molecule is Brc1ccc(-c2ncc(-c3cccs3)s2)cc1. The Morgan fingerprint density at radius 3 is 2.53 bits per heavy atom. The first-order valence-electron chi connectivity index (χ1n) is 5.08. The summed E-state index contributed by atoms with van der Waals surface area (Å²) in [6, 6.07) is 12.5. The van der Waals surface area contributed by atoms with Gasteiger partial charge in [0.1, 0.15) is 5.01 Å². The molecule has 84 valence electrons. The van der Waals surface area contributed by atoms with E-state index in [9.17, 15) is 0 Å². The van der Waals surface area contributed by atoms with Crippen LogP contribution in [0, 0.1) is 0 Å². The van der Waals surface area contributed by atoms with E-state index in [-0.39, 0.29) is 0 Å². The predicted octanol–water partition coefficient (Wildman–Crippen LogP) is 5.30. The summed E-state index contributed by atoms with van der Waals surface area (Å²) < 4.78 is 1.09. The molecule has 0 aliphatic carbocycles. The molecule has 17 heavy (non-hydrogen) atoms. The molecule has 0 amide bonds. The quantitative estimate of drug-likeness (QED) is 0.624. The van der Waals surface area contributed by atoms with E-state index >= 15 is 0 Å². The second kappa shape index (κ2) is 4.72. The van der Waals surface area contributed by atoms with Gasteiger partial charge in [-0.15, -0.1) is 22.7 Å². The molecule has 0 saturated carbocycles. The van der Waals surface area contributed by atoms with Crippen molar-refractivity contribution in [3.05, 3.63) is 52.4 Å². The molecule has 4 heteroatoms. The van der Waals surface area contributed by atoms with Crippen molar-refractivity contribution in [2.24, 2.45) is 0 Å². The zero-order valence-electron chi connectivity index (χ0n) is 8.76. The van der Waals surface area contributed by atoms with Crippen LogP contribution in [0.4, 0.5) is 0 Å². The van der Waals surface area contributed by atoms with Gasteiger partial charge in [-0.25, -0.2) is 4.98 Å². The van der Waals surface area contributed by atoms with Crippen molar-refractivity contribution in [2.45, 2.75) is 0 Å². The van der Waals surface area contributed by atoms with Gasteiger partial charge in [0, 0.05) is 21.1 Å². The van der Waals surface area contributed by atoms with Gasteiger partial charge in [-0.1, -0.05) is 34.1 Å². The van der Waals surface area contributed by atoms with Crippen molar-refractivity contribution in [2.75, 3.05) is 0 Å². The van der Waals surface area contributed by atoms with Crippen molar-refractivity contribution >= 4 is 38.6 Å². The summed E-state index contributed by atoms with van der Waals surface area (Å²) in [6.45, 7) is 0. The van der Waals surface area contributed by atoms with Crippen LogP contribution in [0.15, 0.2) is 52.4 Å². The van der Waals surface area contributed by atoms with Crippen LogP contribution in [-0.2, 0) is 0 Å². The molecule has 0 spiro atoms. The molecule has 1 aromatic carbocycles. The average Bonchev–Trinajstić information content (AvgIpc) is 3.00. The Bertz CT molecular complexity index is 611. The highest BCUT2D eigenvalue weighted by Gasteiger charge is 2.06. The fourth-order valence-electron chi connectivity index (χ4n) is 1.53. The number of thiophene rings is 1. The summed E-state index contributed by atoms with van der Waals surface area (Å²) in [7, 11) is 0. The van der Waals surface area contributed by atoms with E-state index in [4.69, 9.17) is 0 Å². The number of benzene rings is 1. The number of nitrogens with zero attached hydrogens (tertiary/aromatic N) is 1. The first-order chi connectivity index (χ1) is 8.33. The molecular formula is C13H8BrNS2. The molecule has 3 rings (SSSR count). The molecule has 0 aliphatic heterocycles. The molecule has 0 bridgehead atoms. The standard InChI is InChI=1S/C13H8BrNS2/c14-10-5-3-9(4-6-10)13-15-8-12(17-13)11-2-1-7-16-11/h1-8H. The highest BCUT2D eigenvalue weighted by molar-refractivity contribution is 9.10. The normalized spacial score (nSPS) is 10.6. The Balaban J connectivity index is 1.98. The van der Waals surface area contributed by atoms with Crippen molar-refractivity contribution in [1.82, 2.24) is 4.98 Å². The third-order valence-electron chi connectivity index (χ3n) is 2.36. The Hall–Kier alpha value is -0.970. The molecule has 3 aromatic rings. The summed E-state index contributed by atoms with van der Waals surface area (Å²) in [5.41, 5.74) is 1.17. The molecule has 0 saturated heterocycles. The second-order valence-corrected chi connectivity index (χ2v) is 6.41. The highest BCUT2D eigenvalue weighted by atomic mass is 79.9. The first-order valence-corrected chi connectivity index (χ1v) is 7.57. The zero-order chi connectivity index (χ0) is 11.7. The lowest BCUT2D eigenvalue weighted by Gasteiger charge is -1.95. The predicted molar refractivity (Wildman–Crippen MR) is 78.6 cm³/mol. The maximum Gasteiger partial charge on any atom is 0.123 e. The Kier molecular flexibility index (Phi) is 3.09. The smallest absolute Gasteiger partial charge is 0.123 e. The Morgan fingerprint density at radius 1 is 1.00 bits per heavy atom. The van der Waals surface area contributed by atoms with Crippen molar-refractivity contribution < 1.29 is 0 Å². The van der Waals surface area contributed by atoms with Crippen molar-refractivity contribution in [3.8, 4) is 20.3 Å². The number of hydrogen-bond donors (Lipinski definition) is 0. The number of thiazole rings is 1. The van der Waals surface area contributed by atoms with Crippen LogP contribution in [0.5, 0.6) is 0 Å². The number of aromatic nitrogens is 1. The van der Waals surface area contributed by atoms with Gasteiger partial charge in [-0.3, -0.25) is 0 Å². The Labute approximate surface area is 116 Å². The van der Waals surface area contributed by atoms with Gasteiger partial charge in [0.15, 0.2) is 0 Å². The van der Waals surface area contributed by atoms with Crippen LogP contribution in [0.2, 0.25) is 0 Å². The maximum absolute atomic E-state index is 4.48. The van der Waals surface area contributed by atoms with Crippen LogP contribution in [-0.4, -0.2) is 4.98 Å². The maximum atomic E-state index is 4.48. The minimum Gasteiger partial charge on any atom is -0.244 e. The average molecular weight is 322 g/mol. The summed E-state index contributed by atoms with van der Waals surface area (Å²) in [4.78, 5) is 7.00. The molecule has 1 nitrogen and oxygen atoms in total. The molecule has 2 heterocycles. The van der Waals surface area contributed by atoms with Gasteiger partial charge >= 0.3 is 0 Å². The van der Waals surface area contributed by atoms with E-state index in [1.54, 1.807) is 22.7 Å². The minimum absolute atomic E-state index is 1.07. The van der Waals surface area contributed by atoms with Gasteiger partial charge in [0.05, 0.1) is 4.88 Å². The van der Waals surface area contributed by atoms with Crippen LogP contribution in [0.3, 0.4) is 0 Å². The summed E-state index contributed by atoms with van der Waals surface area (Å²) in [5.74, 6) is 0. The molecule has 0 unspecified atom stereocenters. The van der Waals surface area contributed by atoms with Crippen LogP contribution < -0.4 is 0 Å². The lowest BCUT2D eigenvalue weighted by Crippen LogP contribution is -1.73. The van der Waals surface area contributed by atoms with Crippen LogP contribution in [0.25, 0.3) is 20.3 Å². The molecule has 0 fully saturated rings. The van der Waals surface area contributed by atoms with E-state index in [1.165, 1.54) is 15.3 Å². The third-order valence-corrected chi connectivity index (χ3v) is 5.00. The van der Waals surface area contributed by atoms with E-state index in [2.05, 4.69) is 50.6 Å². The van der Waals surface area contributed by atoms with E-state index in [1.807, 2.05) is 18.3 Å². The molecule has 0 N–H and O–H groups in total. The monoisotopic (exact) mass is 321 g/mol. The lowest BCUT2D eigenvalue weighted by atomic mass is 10.2. The lowest BCUT2D eigenvalue weighted by molar-refractivity contribution is 1.41. The molecule has 2 aromatic heterocycles. The summed E-state index contributed by atoms with van der Waals surface area (Å²) >= 11 is 6.92. The topological polar surface area (TPSA) is 12.9 Å². The van der Waals surface area contributed by atoms with Gasteiger partial charge in [0.25, 0.3) is 0 Å². The van der Waals surface area contributed by atoms with E-state index in [0.29, 0.717) is 0 Å². The highest BCUT2D eigenvalue weighted by Crippen LogP contribution is 2.34. The zero-order valence-corrected chi connectivity index (χ0v) is 12.0. The molecule has 0 aliphatic rings. The van der Waals surface area contributed by atoms with Crippen LogP contribution in [0.1, 0.15) is 0 Å². The van der Waals surface area contributed by atoms with Gasteiger partial charge < -0.3 is 0 Å². The number of hydrogen-bond acceptors (Lipinski definition) is 3. The van der Waals surface area contributed by atoms with Crippen molar-refractivity contribution in [3.63, 3.8) is 0 Å². The largest absolute Gasteiger partial charge is 0.244 e. The number of halogens is 1. The summed E-state index contributed by atoms with van der Waals surface area (Å²) in [5, 5.41) is 3.16. The molecule has 0 radical (unpaired) electrons. The summed E-state index contributed by atoms with van der Waals surface area (Å²) in [6.07, 6.45) is 1.95. The van der Waals surface area contributed by atoms with Gasteiger partial charge in [-0.2, -0.15) is 0 Å². The van der Waals surface area contributed by atoms with Gasteiger partial charge in [0.2, 0.25) is 0 Å².